The number of benzene rings is 1. The topological polar surface area (TPSA) is 80.4 Å². The number of aromatic nitrogens is 5. The normalized spacial score (nSPS) is 15.4. The van der Waals surface area contributed by atoms with Crippen LogP contribution in [0, 0.1) is 6.92 Å². The minimum absolute atomic E-state index is 0.252. The second-order valence-electron chi connectivity index (χ2n) is 8.18. The van der Waals surface area contributed by atoms with Crippen LogP contribution in [0.15, 0.2) is 55.0 Å². The van der Waals surface area contributed by atoms with Gasteiger partial charge in [-0.15, -0.1) is 0 Å². The number of amides is 1. The molecule has 0 atom stereocenters. The highest BCUT2D eigenvalue weighted by molar-refractivity contribution is 6.07. The molecule has 0 bridgehead atoms. The van der Waals surface area contributed by atoms with E-state index in [4.69, 9.17) is 5.10 Å². The fourth-order valence-electron chi connectivity index (χ4n) is 4.12. The van der Waals surface area contributed by atoms with E-state index in [9.17, 15) is 4.79 Å². The number of carbonyl (C=O) groups excluding carboxylic acids is 1. The molecule has 1 fully saturated rings. The molecular formula is C23H25N7O. The second-order valence-corrected chi connectivity index (χ2v) is 8.18. The van der Waals surface area contributed by atoms with Crippen LogP contribution >= 0.6 is 0 Å². The first-order valence-electron chi connectivity index (χ1n) is 10.5. The maximum Gasteiger partial charge on any atom is 0.262 e. The van der Waals surface area contributed by atoms with Crippen molar-refractivity contribution >= 4 is 17.4 Å². The van der Waals surface area contributed by atoms with Crippen molar-refractivity contribution in [2.24, 2.45) is 0 Å². The van der Waals surface area contributed by atoms with E-state index in [-0.39, 0.29) is 5.91 Å². The summed E-state index contributed by atoms with van der Waals surface area (Å²) in [6.45, 7) is 4.16. The fourth-order valence-corrected chi connectivity index (χ4v) is 4.12. The minimum atomic E-state index is -0.252. The standard InChI is InChI=1S/C23H25N7O/c1-16-5-3-6-18(13-16)30-21(14-20(27-30)17-7-11-28(2)12-8-17)26-23(31)19-15-25-29-10-4-9-24-22(19)29/h3-6,9-10,13-15,17H,7-8,11-12H2,1-2H3,(H,26,31). The summed E-state index contributed by atoms with van der Waals surface area (Å²) >= 11 is 0. The summed E-state index contributed by atoms with van der Waals surface area (Å²) < 4.78 is 3.43. The van der Waals surface area contributed by atoms with Gasteiger partial charge in [0, 0.05) is 24.4 Å². The van der Waals surface area contributed by atoms with E-state index >= 15 is 0 Å². The summed E-state index contributed by atoms with van der Waals surface area (Å²) in [6.07, 6.45) is 7.10. The van der Waals surface area contributed by atoms with Crippen LogP contribution in [0.25, 0.3) is 11.3 Å². The van der Waals surface area contributed by atoms with Gasteiger partial charge in [0.1, 0.15) is 11.4 Å². The van der Waals surface area contributed by atoms with E-state index in [2.05, 4.69) is 33.4 Å². The lowest BCUT2D eigenvalue weighted by molar-refractivity contribution is 0.102. The SMILES string of the molecule is Cc1cccc(-n2nc(C3CCN(C)CC3)cc2NC(=O)c2cnn3cccnc23)c1. The van der Waals surface area contributed by atoms with Crippen molar-refractivity contribution in [3.8, 4) is 5.69 Å². The molecule has 31 heavy (non-hydrogen) atoms. The Bertz CT molecular complexity index is 1230. The van der Waals surface area contributed by atoms with Crippen LogP contribution in [0.2, 0.25) is 0 Å². The number of aryl methyl sites for hydroxylation is 1. The molecule has 1 amide bonds. The Morgan fingerprint density at radius 3 is 2.81 bits per heavy atom. The van der Waals surface area contributed by atoms with Gasteiger partial charge in [-0.05, 0) is 63.7 Å². The van der Waals surface area contributed by atoms with Gasteiger partial charge in [0.25, 0.3) is 5.91 Å². The van der Waals surface area contributed by atoms with Crippen LogP contribution in [-0.4, -0.2) is 55.3 Å². The molecule has 1 aliphatic rings. The molecule has 4 aromatic rings. The van der Waals surface area contributed by atoms with Crippen LogP contribution in [0.1, 0.15) is 40.4 Å². The van der Waals surface area contributed by atoms with E-state index in [1.807, 2.05) is 35.9 Å². The summed E-state index contributed by atoms with van der Waals surface area (Å²) in [4.78, 5) is 19.8. The number of anilines is 1. The summed E-state index contributed by atoms with van der Waals surface area (Å²) in [5.41, 5.74) is 4.03. The quantitative estimate of drug-likeness (QED) is 0.553. The van der Waals surface area contributed by atoms with Gasteiger partial charge in [-0.3, -0.25) is 4.79 Å². The lowest BCUT2D eigenvalue weighted by Crippen LogP contribution is -2.29. The molecule has 8 nitrogen and oxygen atoms in total. The molecule has 0 aliphatic carbocycles. The predicted octanol–water partition coefficient (Wildman–Crippen LogP) is 3.28. The minimum Gasteiger partial charge on any atom is -0.306 e. The van der Waals surface area contributed by atoms with Crippen molar-refractivity contribution in [2.45, 2.75) is 25.7 Å². The van der Waals surface area contributed by atoms with Crippen molar-refractivity contribution < 1.29 is 4.79 Å². The van der Waals surface area contributed by atoms with Crippen LogP contribution < -0.4 is 5.32 Å². The third-order valence-electron chi connectivity index (χ3n) is 5.88. The largest absolute Gasteiger partial charge is 0.306 e. The Morgan fingerprint density at radius 1 is 1.16 bits per heavy atom. The summed E-state index contributed by atoms with van der Waals surface area (Å²) in [5.74, 6) is 0.786. The second kappa shape index (κ2) is 7.96. The van der Waals surface area contributed by atoms with Gasteiger partial charge in [-0.25, -0.2) is 14.2 Å². The highest BCUT2D eigenvalue weighted by Gasteiger charge is 2.24. The van der Waals surface area contributed by atoms with Gasteiger partial charge >= 0.3 is 0 Å². The smallest absolute Gasteiger partial charge is 0.262 e. The molecular weight excluding hydrogens is 390 g/mol. The number of nitrogens with zero attached hydrogens (tertiary/aromatic N) is 6. The van der Waals surface area contributed by atoms with Crippen LogP contribution in [0.5, 0.6) is 0 Å². The van der Waals surface area contributed by atoms with Gasteiger partial charge in [0.2, 0.25) is 0 Å². The molecule has 1 aromatic carbocycles. The Hall–Kier alpha value is -3.52. The Morgan fingerprint density at radius 2 is 2.00 bits per heavy atom. The summed E-state index contributed by atoms with van der Waals surface area (Å²) in [5, 5.41) is 12.2. The molecule has 0 saturated carbocycles. The fraction of sp³-hybridized carbons (Fsp3) is 0.304. The maximum absolute atomic E-state index is 13.1. The first-order chi connectivity index (χ1) is 15.1. The lowest BCUT2D eigenvalue weighted by atomic mass is 9.94. The molecule has 4 heterocycles. The number of carbonyl (C=O) groups is 1. The first kappa shape index (κ1) is 19.4. The highest BCUT2D eigenvalue weighted by atomic mass is 16.1. The molecule has 0 radical (unpaired) electrons. The zero-order valence-corrected chi connectivity index (χ0v) is 17.7. The van der Waals surface area contributed by atoms with Crippen molar-refractivity contribution in [1.82, 2.24) is 29.3 Å². The van der Waals surface area contributed by atoms with E-state index in [0.29, 0.717) is 22.9 Å². The van der Waals surface area contributed by atoms with Gasteiger partial charge in [0.15, 0.2) is 5.65 Å². The van der Waals surface area contributed by atoms with Crippen molar-refractivity contribution in [1.29, 1.82) is 0 Å². The zero-order chi connectivity index (χ0) is 21.4. The lowest BCUT2D eigenvalue weighted by Gasteiger charge is -2.27. The average molecular weight is 416 g/mol. The Kier molecular flexibility index (Phi) is 4.99. The van der Waals surface area contributed by atoms with Crippen LogP contribution in [0.3, 0.4) is 0 Å². The monoisotopic (exact) mass is 415 g/mol. The van der Waals surface area contributed by atoms with Crippen molar-refractivity contribution in [3.63, 3.8) is 0 Å². The predicted molar refractivity (Wildman–Crippen MR) is 119 cm³/mol. The number of hydrogen-bond donors (Lipinski definition) is 1. The third kappa shape index (κ3) is 3.82. The number of likely N-dealkylation sites (tertiary alicyclic amines) is 1. The van der Waals surface area contributed by atoms with Gasteiger partial charge in [-0.2, -0.15) is 10.2 Å². The van der Waals surface area contributed by atoms with Gasteiger partial charge in [0.05, 0.1) is 17.6 Å². The van der Waals surface area contributed by atoms with Crippen molar-refractivity contribution in [2.75, 3.05) is 25.5 Å². The molecule has 8 heteroatoms. The number of hydrogen-bond acceptors (Lipinski definition) is 5. The molecule has 3 aromatic heterocycles. The number of fused-ring (bicyclic) bond motifs is 1. The van der Waals surface area contributed by atoms with E-state index in [0.717, 1.165) is 42.9 Å². The van der Waals surface area contributed by atoms with Gasteiger partial charge < -0.3 is 10.2 Å². The number of piperidine rings is 1. The highest BCUT2D eigenvalue weighted by Crippen LogP contribution is 2.30. The van der Waals surface area contributed by atoms with Crippen molar-refractivity contribution in [3.05, 3.63) is 71.8 Å². The molecule has 1 aliphatic heterocycles. The number of nitrogens with one attached hydrogen (secondary N) is 1. The summed E-state index contributed by atoms with van der Waals surface area (Å²) in [6, 6.07) is 11.9. The summed E-state index contributed by atoms with van der Waals surface area (Å²) in [7, 11) is 2.15. The molecule has 1 N–H and O–H groups in total. The molecule has 0 spiro atoms. The van der Waals surface area contributed by atoms with Gasteiger partial charge in [-0.1, -0.05) is 12.1 Å². The van der Waals surface area contributed by atoms with Crippen LogP contribution in [-0.2, 0) is 0 Å². The maximum atomic E-state index is 13.1. The Balaban J connectivity index is 1.51. The molecule has 158 valence electrons. The molecule has 0 unspecified atom stereocenters. The van der Waals surface area contributed by atoms with Crippen LogP contribution in [0.4, 0.5) is 5.82 Å². The van der Waals surface area contributed by atoms with E-state index < -0.39 is 0 Å². The Labute approximate surface area is 180 Å². The zero-order valence-electron chi connectivity index (χ0n) is 17.7. The average Bonchev–Trinajstić information content (AvgIpc) is 3.39. The number of rotatable bonds is 4. The molecule has 1 saturated heterocycles. The van der Waals surface area contributed by atoms with E-state index in [1.54, 1.807) is 29.2 Å². The first-order valence-corrected chi connectivity index (χ1v) is 10.5. The third-order valence-corrected chi connectivity index (χ3v) is 5.88. The van der Waals surface area contributed by atoms with E-state index in [1.165, 1.54) is 0 Å². The molecule has 5 rings (SSSR count).